The van der Waals surface area contributed by atoms with Gasteiger partial charge in [-0.3, -0.25) is 0 Å². The average Bonchev–Trinajstić information content (AvgIpc) is 3.36. The fourth-order valence-electron chi connectivity index (χ4n) is 3.97. The molecule has 4 aromatic rings. The summed E-state index contributed by atoms with van der Waals surface area (Å²) in [4.78, 5) is 17.2. The number of hydrogen-bond donors (Lipinski definition) is 0. The number of methoxy groups -OCH3 is 2. The van der Waals surface area contributed by atoms with Crippen LogP contribution in [0, 0.1) is 5.92 Å². The zero-order valence-electron chi connectivity index (χ0n) is 17.7. The van der Waals surface area contributed by atoms with Crippen molar-refractivity contribution in [2.24, 2.45) is 11.1 Å². The molecule has 0 amide bonds. The summed E-state index contributed by atoms with van der Waals surface area (Å²) in [5.74, 6) is 2.60. The third kappa shape index (κ3) is 3.69. The van der Waals surface area contributed by atoms with Crippen LogP contribution in [0.4, 0.5) is 0 Å². The standard InChI is InChI=1S/C22H23N5O3S/c1-13-4-6-15-18(8-13)31-22-20(15)21-25-19(26-27(21)12-23-22)11-30-24-10-14-5-7-16(28-2)17(9-14)29-3/h5,7,9-10,12-13H,4,6,8,11H2,1-3H3/b24-10-/t13-/m1/s1. The van der Waals surface area contributed by atoms with Crippen LogP contribution in [0.1, 0.15) is 35.2 Å². The van der Waals surface area contributed by atoms with Gasteiger partial charge in [-0.2, -0.15) is 0 Å². The molecule has 1 aliphatic carbocycles. The Bertz CT molecular complexity index is 1280. The maximum atomic E-state index is 5.44. The Balaban J connectivity index is 1.34. The number of benzene rings is 1. The summed E-state index contributed by atoms with van der Waals surface area (Å²) in [5.41, 5.74) is 3.08. The van der Waals surface area contributed by atoms with Gasteiger partial charge in [0, 0.05) is 10.4 Å². The third-order valence-electron chi connectivity index (χ3n) is 5.55. The van der Waals surface area contributed by atoms with Gasteiger partial charge in [0.15, 0.2) is 29.6 Å². The molecule has 0 N–H and O–H groups in total. The Morgan fingerprint density at radius 3 is 2.97 bits per heavy atom. The van der Waals surface area contributed by atoms with Crippen molar-refractivity contribution in [2.45, 2.75) is 32.8 Å². The van der Waals surface area contributed by atoms with Crippen LogP contribution >= 0.6 is 11.3 Å². The van der Waals surface area contributed by atoms with Crippen LogP contribution in [0.25, 0.3) is 15.9 Å². The van der Waals surface area contributed by atoms with Crippen LogP contribution in [-0.4, -0.2) is 40.0 Å². The molecule has 0 unspecified atom stereocenters. The second-order valence-electron chi connectivity index (χ2n) is 7.70. The summed E-state index contributed by atoms with van der Waals surface area (Å²) >= 11 is 1.79. The lowest BCUT2D eigenvalue weighted by molar-refractivity contribution is 0.126. The van der Waals surface area contributed by atoms with E-state index in [1.807, 2.05) is 18.2 Å². The van der Waals surface area contributed by atoms with Crippen molar-refractivity contribution in [1.29, 1.82) is 0 Å². The van der Waals surface area contributed by atoms with E-state index in [9.17, 15) is 0 Å². The zero-order valence-corrected chi connectivity index (χ0v) is 18.5. The molecule has 1 atom stereocenters. The van der Waals surface area contributed by atoms with Crippen LogP contribution in [0.2, 0.25) is 0 Å². The summed E-state index contributed by atoms with van der Waals surface area (Å²) in [5, 5.41) is 9.70. The molecule has 8 nitrogen and oxygen atoms in total. The lowest BCUT2D eigenvalue weighted by Crippen LogP contribution is -2.08. The fourth-order valence-corrected chi connectivity index (χ4v) is 5.32. The predicted octanol–water partition coefficient (Wildman–Crippen LogP) is 4.03. The summed E-state index contributed by atoms with van der Waals surface area (Å²) < 4.78 is 12.3. The number of thiophene rings is 1. The van der Waals surface area contributed by atoms with E-state index in [-0.39, 0.29) is 6.61 Å². The first-order chi connectivity index (χ1) is 15.2. The van der Waals surface area contributed by atoms with E-state index in [4.69, 9.17) is 19.3 Å². The lowest BCUT2D eigenvalue weighted by Gasteiger charge is -2.17. The molecule has 1 aliphatic rings. The summed E-state index contributed by atoms with van der Waals surface area (Å²) in [6.45, 7) is 2.49. The van der Waals surface area contributed by atoms with Crippen molar-refractivity contribution >= 4 is 33.4 Å². The van der Waals surface area contributed by atoms with Crippen LogP contribution in [0.15, 0.2) is 29.7 Å². The van der Waals surface area contributed by atoms with E-state index < -0.39 is 0 Å². The van der Waals surface area contributed by atoms with E-state index in [1.165, 1.54) is 16.9 Å². The molecular weight excluding hydrogens is 414 g/mol. The van der Waals surface area contributed by atoms with Crippen LogP contribution in [-0.2, 0) is 24.3 Å². The molecule has 0 saturated heterocycles. The minimum Gasteiger partial charge on any atom is -0.493 e. The molecule has 0 spiro atoms. The van der Waals surface area contributed by atoms with Gasteiger partial charge in [-0.1, -0.05) is 12.1 Å². The van der Waals surface area contributed by atoms with Gasteiger partial charge in [-0.05, 0) is 48.9 Å². The Morgan fingerprint density at radius 2 is 2.13 bits per heavy atom. The van der Waals surface area contributed by atoms with Gasteiger partial charge in [-0.25, -0.2) is 14.5 Å². The van der Waals surface area contributed by atoms with Crippen LogP contribution in [0.3, 0.4) is 0 Å². The van der Waals surface area contributed by atoms with Gasteiger partial charge in [0.2, 0.25) is 0 Å². The number of aryl methyl sites for hydroxylation is 1. The van der Waals surface area contributed by atoms with Gasteiger partial charge in [-0.15, -0.1) is 16.4 Å². The number of oxime groups is 1. The molecule has 160 valence electrons. The van der Waals surface area contributed by atoms with E-state index in [2.05, 4.69) is 22.2 Å². The average molecular weight is 438 g/mol. The minimum absolute atomic E-state index is 0.177. The molecule has 9 heteroatoms. The maximum Gasteiger partial charge on any atom is 0.192 e. The lowest BCUT2D eigenvalue weighted by atomic mass is 9.89. The van der Waals surface area contributed by atoms with E-state index in [0.29, 0.717) is 17.3 Å². The van der Waals surface area contributed by atoms with Gasteiger partial charge in [0.25, 0.3) is 0 Å². The highest BCUT2D eigenvalue weighted by molar-refractivity contribution is 7.19. The smallest absolute Gasteiger partial charge is 0.192 e. The number of aromatic nitrogens is 4. The van der Waals surface area contributed by atoms with E-state index >= 15 is 0 Å². The first kappa shape index (κ1) is 19.7. The highest BCUT2D eigenvalue weighted by Gasteiger charge is 2.23. The van der Waals surface area contributed by atoms with Crippen molar-refractivity contribution in [1.82, 2.24) is 19.6 Å². The van der Waals surface area contributed by atoms with Crippen molar-refractivity contribution < 1.29 is 14.3 Å². The molecule has 3 aromatic heterocycles. The van der Waals surface area contributed by atoms with Gasteiger partial charge in [0.1, 0.15) is 11.2 Å². The minimum atomic E-state index is 0.177. The number of fused-ring (bicyclic) bond motifs is 5. The largest absolute Gasteiger partial charge is 0.493 e. The third-order valence-corrected chi connectivity index (χ3v) is 6.72. The molecule has 5 rings (SSSR count). The Hall–Kier alpha value is -3.20. The van der Waals surface area contributed by atoms with Gasteiger partial charge < -0.3 is 14.3 Å². The van der Waals surface area contributed by atoms with Crippen LogP contribution < -0.4 is 9.47 Å². The molecule has 3 heterocycles. The molecule has 1 aromatic carbocycles. The topological polar surface area (TPSA) is 83.1 Å². The Labute approximate surface area is 183 Å². The molecule has 0 saturated carbocycles. The molecule has 31 heavy (non-hydrogen) atoms. The van der Waals surface area contributed by atoms with Crippen molar-refractivity contribution in [3.63, 3.8) is 0 Å². The first-order valence-electron chi connectivity index (χ1n) is 10.2. The van der Waals surface area contributed by atoms with Crippen molar-refractivity contribution in [2.75, 3.05) is 14.2 Å². The van der Waals surface area contributed by atoms with Crippen molar-refractivity contribution in [3.05, 3.63) is 46.4 Å². The highest BCUT2D eigenvalue weighted by Crippen LogP contribution is 2.38. The molecule has 0 radical (unpaired) electrons. The first-order valence-corrected chi connectivity index (χ1v) is 11.0. The SMILES string of the molecule is COc1ccc(/C=N\OCc2nc3c4c5c(sc4ncn3n2)C[C@H](C)CC5)cc1OC. The van der Waals surface area contributed by atoms with Gasteiger partial charge >= 0.3 is 0 Å². The summed E-state index contributed by atoms with van der Waals surface area (Å²) in [6, 6.07) is 5.53. The Morgan fingerprint density at radius 1 is 1.26 bits per heavy atom. The van der Waals surface area contributed by atoms with Crippen LogP contribution in [0.5, 0.6) is 11.5 Å². The molecular formula is C22H23N5O3S. The van der Waals surface area contributed by atoms with E-state index in [0.717, 1.165) is 40.2 Å². The molecule has 0 fully saturated rings. The monoisotopic (exact) mass is 437 g/mol. The zero-order chi connectivity index (χ0) is 21.4. The maximum absolute atomic E-state index is 5.44. The predicted molar refractivity (Wildman–Crippen MR) is 119 cm³/mol. The number of nitrogens with zero attached hydrogens (tertiary/aromatic N) is 5. The van der Waals surface area contributed by atoms with Crippen molar-refractivity contribution in [3.8, 4) is 11.5 Å². The quantitative estimate of drug-likeness (QED) is 0.335. The fraction of sp³-hybridized carbons (Fsp3) is 0.364. The summed E-state index contributed by atoms with van der Waals surface area (Å²) in [7, 11) is 3.20. The molecule has 0 bridgehead atoms. The number of hydrogen-bond acceptors (Lipinski definition) is 8. The Kier molecular flexibility index (Phi) is 5.19. The summed E-state index contributed by atoms with van der Waals surface area (Å²) in [6.07, 6.45) is 6.75. The number of rotatable bonds is 6. The van der Waals surface area contributed by atoms with E-state index in [1.54, 1.807) is 42.6 Å². The molecule has 0 aliphatic heterocycles. The number of ether oxygens (including phenoxy) is 2. The normalized spacial score (nSPS) is 16.2. The second kappa shape index (κ2) is 8.14. The highest BCUT2D eigenvalue weighted by atomic mass is 32.1. The van der Waals surface area contributed by atoms with Gasteiger partial charge in [0.05, 0.1) is 25.8 Å². The second-order valence-corrected chi connectivity index (χ2v) is 8.78.